The molecular weight excluding hydrogens is 748 g/mol. The summed E-state index contributed by atoms with van der Waals surface area (Å²) in [5.74, 6) is 0.802. The Morgan fingerprint density at radius 1 is 0.517 bits per heavy atom. The zero-order valence-corrected chi connectivity index (χ0v) is 32.9. The second kappa shape index (κ2) is 12.9. The van der Waals surface area contributed by atoms with Crippen LogP contribution in [-0.2, 0) is 0 Å². The first kappa shape index (κ1) is 33.3. The summed E-state index contributed by atoms with van der Waals surface area (Å²) in [6.45, 7) is 0. The second-order valence-electron chi connectivity index (χ2n) is 15.0. The maximum atomic E-state index is 17.3. The molecule has 4 aromatic heterocycles. The highest BCUT2D eigenvalue weighted by atomic mass is 32.2. The van der Waals surface area contributed by atoms with Crippen LogP contribution in [0.5, 0.6) is 0 Å². The smallest absolute Gasteiger partial charge is 0.184 e. The number of halogens is 1. The summed E-state index contributed by atoms with van der Waals surface area (Å²) < 4.78 is 21.7. The monoisotopic (exact) mass is 780 g/mol. The number of aromatic nitrogens is 4. The highest BCUT2D eigenvalue weighted by molar-refractivity contribution is 8.00. The van der Waals surface area contributed by atoms with Gasteiger partial charge in [-0.1, -0.05) is 145 Å². The van der Waals surface area contributed by atoms with Crippen LogP contribution in [0, 0.1) is 0 Å². The van der Waals surface area contributed by atoms with Crippen LogP contribution in [0.25, 0.3) is 54.9 Å². The van der Waals surface area contributed by atoms with E-state index in [9.17, 15) is 0 Å². The predicted octanol–water partition coefficient (Wildman–Crippen LogP) is 10.0. The van der Waals surface area contributed by atoms with Crippen LogP contribution in [0.3, 0.4) is 0 Å². The molecule has 5 heterocycles. The summed E-state index contributed by atoms with van der Waals surface area (Å²) >= 11 is 1.85. The molecule has 274 valence electrons. The number of alkyl halides is 1. The van der Waals surface area contributed by atoms with Gasteiger partial charge in [-0.05, 0) is 79.7 Å². The molecule has 12 rings (SSSR count). The Morgan fingerprint density at radius 2 is 1.19 bits per heavy atom. The number of pyridine rings is 2. The van der Waals surface area contributed by atoms with E-state index in [0.717, 1.165) is 54.9 Å². The Morgan fingerprint density at radius 3 is 1.98 bits per heavy atom. The fraction of sp³-hybridized carbons (Fsp3) is 0.0196. The van der Waals surface area contributed by atoms with Gasteiger partial charge in [0.15, 0.2) is 14.2 Å². The van der Waals surface area contributed by atoms with Crippen LogP contribution in [-0.4, -0.2) is 27.0 Å². The SMILES string of the molecule is FC(c1ccc2c3ccccc3n3ccnc3c2c1)c1ccc2c3ccc4c(c3n(-c3ccccn3)c2c1)[Si](c1ccccc1)(c1ccccc1)c1ccccc1S4. The van der Waals surface area contributed by atoms with Crippen molar-refractivity contribution in [2.45, 2.75) is 16.0 Å². The topological polar surface area (TPSA) is 35.1 Å². The van der Waals surface area contributed by atoms with Gasteiger partial charge in [-0.15, -0.1) is 0 Å². The van der Waals surface area contributed by atoms with Crippen LogP contribution in [0.2, 0.25) is 0 Å². The number of hydrogen-bond donors (Lipinski definition) is 0. The van der Waals surface area contributed by atoms with E-state index in [1.807, 2.05) is 72.8 Å². The minimum absolute atomic E-state index is 0.593. The molecular formula is C51H33FN4SSi. The van der Waals surface area contributed by atoms with Crippen LogP contribution in [0.15, 0.2) is 204 Å². The molecule has 1 atom stereocenters. The molecule has 0 spiro atoms. The molecule has 0 amide bonds. The molecule has 1 aliphatic rings. The molecule has 58 heavy (non-hydrogen) atoms. The van der Waals surface area contributed by atoms with Gasteiger partial charge in [0.25, 0.3) is 0 Å². The van der Waals surface area contributed by atoms with E-state index in [1.54, 1.807) is 0 Å². The number of rotatable bonds is 5. The van der Waals surface area contributed by atoms with Crippen molar-refractivity contribution in [3.05, 3.63) is 206 Å². The highest BCUT2D eigenvalue weighted by Gasteiger charge is 2.48. The van der Waals surface area contributed by atoms with E-state index in [1.165, 1.54) is 30.5 Å². The lowest BCUT2D eigenvalue weighted by atomic mass is 9.97. The second-order valence-corrected chi connectivity index (χ2v) is 19.8. The molecule has 0 aliphatic carbocycles. The molecule has 0 saturated heterocycles. The van der Waals surface area contributed by atoms with Gasteiger partial charge in [0.05, 0.1) is 16.6 Å². The zero-order chi connectivity index (χ0) is 38.4. The van der Waals surface area contributed by atoms with Crippen molar-refractivity contribution in [2.24, 2.45) is 0 Å². The van der Waals surface area contributed by atoms with Crippen molar-refractivity contribution in [2.75, 3.05) is 0 Å². The normalized spacial score (nSPS) is 13.9. The van der Waals surface area contributed by atoms with Crippen LogP contribution in [0.1, 0.15) is 17.3 Å². The number of imidazole rings is 1. The number of nitrogens with zero attached hydrogens (tertiary/aromatic N) is 4. The summed E-state index contributed by atoms with van der Waals surface area (Å²) in [6, 6.07) is 62.2. The van der Waals surface area contributed by atoms with Gasteiger partial charge in [-0.2, -0.15) is 0 Å². The first-order valence-corrected chi connectivity index (χ1v) is 22.3. The van der Waals surface area contributed by atoms with E-state index >= 15 is 4.39 Å². The summed E-state index contributed by atoms with van der Waals surface area (Å²) in [5, 5.41) is 10.6. The van der Waals surface area contributed by atoms with Gasteiger partial charge in [-0.3, -0.25) is 8.97 Å². The van der Waals surface area contributed by atoms with Crippen molar-refractivity contribution >= 4 is 89.7 Å². The van der Waals surface area contributed by atoms with Gasteiger partial charge in [-0.25, -0.2) is 14.4 Å². The first-order chi connectivity index (χ1) is 28.7. The fourth-order valence-corrected chi connectivity index (χ4v) is 16.8. The van der Waals surface area contributed by atoms with Gasteiger partial charge in [0, 0.05) is 49.9 Å². The van der Waals surface area contributed by atoms with Crippen LogP contribution >= 0.6 is 11.8 Å². The molecule has 0 N–H and O–H groups in total. The molecule has 11 aromatic rings. The molecule has 1 unspecified atom stereocenters. The van der Waals surface area contributed by atoms with Crippen molar-refractivity contribution < 1.29 is 4.39 Å². The number of hydrogen-bond acceptors (Lipinski definition) is 3. The van der Waals surface area contributed by atoms with Gasteiger partial charge in [0.1, 0.15) is 11.5 Å². The third-order valence-electron chi connectivity index (χ3n) is 12.1. The Balaban J connectivity index is 1.15. The molecule has 0 bridgehead atoms. The highest BCUT2D eigenvalue weighted by Crippen LogP contribution is 2.41. The van der Waals surface area contributed by atoms with Gasteiger partial charge < -0.3 is 0 Å². The average Bonchev–Trinajstić information content (AvgIpc) is 3.93. The lowest BCUT2D eigenvalue weighted by Crippen LogP contribution is -2.76. The van der Waals surface area contributed by atoms with Crippen LogP contribution < -0.4 is 20.7 Å². The summed E-state index contributed by atoms with van der Waals surface area (Å²) in [5.41, 5.74) is 5.14. The molecule has 1 aliphatic heterocycles. The van der Waals surface area contributed by atoms with Crippen molar-refractivity contribution in [1.82, 2.24) is 18.9 Å². The maximum absolute atomic E-state index is 17.3. The molecule has 4 nitrogen and oxygen atoms in total. The molecule has 0 fully saturated rings. The Hall–Kier alpha value is -6.80. The molecule has 0 radical (unpaired) electrons. The fourth-order valence-electron chi connectivity index (χ4n) is 9.63. The van der Waals surface area contributed by atoms with Crippen molar-refractivity contribution in [3.63, 3.8) is 0 Å². The molecule has 7 heteroatoms. The summed E-state index contributed by atoms with van der Waals surface area (Å²) in [6.07, 6.45) is 4.27. The lowest BCUT2D eigenvalue weighted by molar-refractivity contribution is 0.402. The number of para-hydroxylation sites is 1. The van der Waals surface area contributed by atoms with E-state index in [2.05, 4.69) is 142 Å². The lowest BCUT2D eigenvalue weighted by Gasteiger charge is -2.40. The van der Waals surface area contributed by atoms with E-state index in [-0.39, 0.29) is 0 Å². The summed E-state index contributed by atoms with van der Waals surface area (Å²) in [7, 11) is -2.97. The quantitative estimate of drug-likeness (QED) is 0.129. The Labute approximate surface area is 338 Å². The predicted molar refractivity (Wildman–Crippen MR) is 239 cm³/mol. The van der Waals surface area contributed by atoms with Gasteiger partial charge >= 0.3 is 0 Å². The maximum Gasteiger partial charge on any atom is 0.184 e. The average molecular weight is 781 g/mol. The number of benzene rings is 7. The van der Waals surface area contributed by atoms with Crippen LogP contribution in [0.4, 0.5) is 4.39 Å². The van der Waals surface area contributed by atoms with Crippen molar-refractivity contribution in [3.8, 4) is 5.82 Å². The molecule has 7 aromatic carbocycles. The standard InChI is InChI=1S/C51H33FN4SSi/c52-48(33-22-24-37-38-17-7-8-18-42(38)55-30-29-54-51(55)41(37)31-33)34-23-25-39-40-26-27-45-50(49(40)56(43(39)32-34)47-21-11-12-28-53-47)58(35-13-3-1-4-14-35,36-15-5-2-6-16-36)46-20-10-9-19-44(46)57-45/h1-32,48H. The number of fused-ring (bicyclic) bond motifs is 12. The third kappa shape index (κ3) is 4.68. The molecule has 0 saturated carbocycles. The van der Waals surface area contributed by atoms with Crippen molar-refractivity contribution in [1.29, 1.82) is 0 Å². The third-order valence-corrected chi connectivity index (χ3v) is 18.5. The largest absolute Gasteiger partial charge is 0.299 e. The Bertz CT molecular complexity index is 3360. The minimum atomic E-state index is -2.97. The summed E-state index contributed by atoms with van der Waals surface area (Å²) in [4.78, 5) is 12.2. The minimum Gasteiger partial charge on any atom is -0.299 e. The van der Waals surface area contributed by atoms with E-state index in [0.29, 0.717) is 11.1 Å². The van der Waals surface area contributed by atoms with E-state index < -0.39 is 14.2 Å². The zero-order valence-electron chi connectivity index (χ0n) is 31.1. The van der Waals surface area contributed by atoms with E-state index in [4.69, 9.17) is 9.97 Å². The first-order valence-electron chi connectivity index (χ1n) is 19.5. The Kier molecular flexibility index (Phi) is 7.39. The van der Waals surface area contributed by atoms with Gasteiger partial charge in [0.2, 0.25) is 0 Å².